The van der Waals surface area contributed by atoms with E-state index in [1.54, 1.807) is 0 Å². The molecule has 0 radical (unpaired) electrons. The van der Waals surface area contributed by atoms with E-state index < -0.39 is 0 Å². The molecule has 0 N–H and O–H groups in total. The fourth-order valence-corrected chi connectivity index (χ4v) is 1.32. The maximum Gasteiger partial charge on any atom is 0.308 e. The molecular formula is C11H20O3. The first-order chi connectivity index (χ1) is 6.76. The highest BCUT2D eigenvalue weighted by molar-refractivity contribution is 5.72. The van der Waals surface area contributed by atoms with Crippen molar-refractivity contribution in [2.45, 2.75) is 46.0 Å². The van der Waals surface area contributed by atoms with Gasteiger partial charge in [-0.15, -0.1) is 0 Å². The van der Waals surface area contributed by atoms with Crippen molar-refractivity contribution >= 4 is 12.3 Å². The lowest BCUT2D eigenvalue weighted by atomic mass is 9.98. The van der Waals surface area contributed by atoms with Crippen LogP contribution in [-0.2, 0) is 14.3 Å². The average Bonchev–Trinajstić information content (AvgIpc) is 2.20. The van der Waals surface area contributed by atoms with Gasteiger partial charge in [0.05, 0.1) is 12.5 Å². The third kappa shape index (κ3) is 5.73. The average molecular weight is 200 g/mol. The Kier molecular flexibility index (Phi) is 8.19. The van der Waals surface area contributed by atoms with Crippen molar-refractivity contribution in [1.82, 2.24) is 0 Å². The smallest absolute Gasteiger partial charge is 0.308 e. The molecule has 0 fully saturated rings. The zero-order valence-electron chi connectivity index (χ0n) is 9.12. The first kappa shape index (κ1) is 13.1. The molecule has 0 aromatic rings. The SMILES string of the molecule is CCCOC(=O)C(CCC)CCC=O. The van der Waals surface area contributed by atoms with Crippen molar-refractivity contribution in [3.8, 4) is 0 Å². The Hall–Kier alpha value is -0.860. The number of hydrogen-bond donors (Lipinski definition) is 0. The second kappa shape index (κ2) is 8.73. The van der Waals surface area contributed by atoms with Gasteiger partial charge in [0.15, 0.2) is 0 Å². The van der Waals surface area contributed by atoms with Crippen molar-refractivity contribution in [1.29, 1.82) is 0 Å². The van der Waals surface area contributed by atoms with Gasteiger partial charge in [-0.25, -0.2) is 0 Å². The Labute approximate surface area is 85.8 Å². The summed E-state index contributed by atoms with van der Waals surface area (Å²) in [6.07, 6.45) is 4.54. The van der Waals surface area contributed by atoms with Gasteiger partial charge in [-0.2, -0.15) is 0 Å². The zero-order valence-corrected chi connectivity index (χ0v) is 9.12. The normalized spacial score (nSPS) is 12.1. The topological polar surface area (TPSA) is 43.4 Å². The van der Waals surface area contributed by atoms with Gasteiger partial charge >= 0.3 is 5.97 Å². The Bertz CT molecular complexity index is 166. The van der Waals surface area contributed by atoms with E-state index in [-0.39, 0.29) is 11.9 Å². The minimum atomic E-state index is -0.143. The van der Waals surface area contributed by atoms with E-state index in [0.717, 1.165) is 25.5 Å². The summed E-state index contributed by atoms with van der Waals surface area (Å²) in [4.78, 5) is 21.7. The summed E-state index contributed by atoms with van der Waals surface area (Å²) in [5.74, 6) is -0.229. The molecule has 0 aliphatic rings. The third-order valence-corrected chi connectivity index (χ3v) is 2.05. The second-order valence-electron chi connectivity index (χ2n) is 3.40. The molecule has 82 valence electrons. The number of aldehydes is 1. The standard InChI is InChI=1S/C11H20O3/c1-3-6-10(7-5-8-12)11(13)14-9-4-2/h8,10H,3-7,9H2,1-2H3. The fraction of sp³-hybridized carbons (Fsp3) is 0.818. The Morgan fingerprint density at radius 3 is 2.50 bits per heavy atom. The molecule has 3 heteroatoms. The van der Waals surface area contributed by atoms with Crippen LogP contribution in [0.15, 0.2) is 0 Å². The summed E-state index contributed by atoms with van der Waals surface area (Å²) in [6, 6.07) is 0. The lowest BCUT2D eigenvalue weighted by Gasteiger charge is -2.13. The molecular weight excluding hydrogens is 180 g/mol. The van der Waals surface area contributed by atoms with E-state index in [2.05, 4.69) is 0 Å². The zero-order chi connectivity index (χ0) is 10.8. The lowest BCUT2D eigenvalue weighted by Crippen LogP contribution is -2.18. The van der Waals surface area contributed by atoms with Gasteiger partial charge < -0.3 is 9.53 Å². The van der Waals surface area contributed by atoms with Crippen LogP contribution in [0.5, 0.6) is 0 Å². The Balaban J connectivity index is 3.89. The van der Waals surface area contributed by atoms with Crippen LogP contribution in [0.4, 0.5) is 0 Å². The van der Waals surface area contributed by atoms with E-state index in [1.807, 2.05) is 13.8 Å². The number of rotatable bonds is 8. The van der Waals surface area contributed by atoms with Crippen LogP contribution < -0.4 is 0 Å². The largest absolute Gasteiger partial charge is 0.465 e. The highest BCUT2D eigenvalue weighted by Gasteiger charge is 2.17. The van der Waals surface area contributed by atoms with E-state index in [1.165, 1.54) is 0 Å². The maximum absolute atomic E-state index is 11.5. The van der Waals surface area contributed by atoms with Crippen LogP contribution in [0.1, 0.15) is 46.0 Å². The van der Waals surface area contributed by atoms with Crippen molar-refractivity contribution in [3.63, 3.8) is 0 Å². The Morgan fingerprint density at radius 2 is 2.00 bits per heavy atom. The van der Waals surface area contributed by atoms with Crippen LogP contribution in [0.2, 0.25) is 0 Å². The molecule has 0 saturated carbocycles. The number of carbonyl (C=O) groups excluding carboxylic acids is 2. The number of hydrogen-bond acceptors (Lipinski definition) is 3. The molecule has 0 saturated heterocycles. The molecule has 0 rings (SSSR count). The molecule has 0 aliphatic carbocycles. The van der Waals surface area contributed by atoms with Gasteiger partial charge in [0, 0.05) is 6.42 Å². The minimum Gasteiger partial charge on any atom is -0.465 e. The van der Waals surface area contributed by atoms with Crippen LogP contribution in [-0.4, -0.2) is 18.9 Å². The quantitative estimate of drug-likeness (QED) is 0.446. The van der Waals surface area contributed by atoms with Gasteiger partial charge in [-0.3, -0.25) is 4.79 Å². The summed E-state index contributed by atoms with van der Waals surface area (Å²) in [6.45, 7) is 4.48. The van der Waals surface area contributed by atoms with E-state index >= 15 is 0 Å². The molecule has 0 heterocycles. The van der Waals surface area contributed by atoms with Gasteiger partial charge in [-0.1, -0.05) is 20.3 Å². The third-order valence-electron chi connectivity index (χ3n) is 2.05. The molecule has 3 nitrogen and oxygen atoms in total. The molecule has 0 aliphatic heterocycles. The first-order valence-corrected chi connectivity index (χ1v) is 5.36. The monoisotopic (exact) mass is 200 g/mol. The molecule has 0 bridgehead atoms. The summed E-state index contributed by atoms with van der Waals surface area (Å²) in [5, 5.41) is 0. The van der Waals surface area contributed by atoms with Crippen molar-refractivity contribution < 1.29 is 14.3 Å². The predicted octanol–water partition coefficient (Wildman–Crippen LogP) is 2.33. The van der Waals surface area contributed by atoms with Crippen molar-refractivity contribution in [3.05, 3.63) is 0 Å². The summed E-state index contributed by atoms with van der Waals surface area (Å²) in [7, 11) is 0. The van der Waals surface area contributed by atoms with E-state index in [4.69, 9.17) is 4.74 Å². The molecule has 0 spiro atoms. The van der Waals surface area contributed by atoms with E-state index in [0.29, 0.717) is 19.4 Å². The van der Waals surface area contributed by atoms with Gasteiger partial charge in [0.2, 0.25) is 0 Å². The Morgan fingerprint density at radius 1 is 1.29 bits per heavy atom. The van der Waals surface area contributed by atoms with Crippen LogP contribution in [0.3, 0.4) is 0 Å². The fourth-order valence-electron chi connectivity index (χ4n) is 1.32. The molecule has 0 aromatic carbocycles. The van der Waals surface area contributed by atoms with Crippen LogP contribution >= 0.6 is 0 Å². The number of ether oxygens (including phenoxy) is 1. The van der Waals surface area contributed by atoms with Crippen LogP contribution in [0, 0.1) is 5.92 Å². The minimum absolute atomic E-state index is 0.0863. The van der Waals surface area contributed by atoms with Crippen LogP contribution in [0.25, 0.3) is 0 Å². The number of carbonyl (C=O) groups is 2. The van der Waals surface area contributed by atoms with Gasteiger partial charge in [0.1, 0.15) is 6.29 Å². The molecule has 14 heavy (non-hydrogen) atoms. The van der Waals surface area contributed by atoms with E-state index in [9.17, 15) is 9.59 Å². The van der Waals surface area contributed by atoms with Crippen molar-refractivity contribution in [2.24, 2.45) is 5.92 Å². The predicted molar refractivity (Wildman–Crippen MR) is 54.9 cm³/mol. The second-order valence-corrected chi connectivity index (χ2v) is 3.40. The first-order valence-electron chi connectivity index (χ1n) is 5.36. The molecule has 0 aromatic heterocycles. The highest BCUT2D eigenvalue weighted by Crippen LogP contribution is 2.14. The molecule has 1 unspecified atom stereocenters. The summed E-state index contributed by atoms with van der Waals surface area (Å²) in [5.41, 5.74) is 0. The summed E-state index contributed by atoms with van der Waals surface area (Å²) >= 11 is 0. The highest BCUT2D eigenvalue weighted by atomic mass is 16.5. The molecule has 1 atom stereocenters. The maximum atomic E-state index is 11.5. The summed E-state index contributed by atoms with van der Waals surface area (Å²) < 4.78 is 5.05. The lowest BCUT2D eigenvalue weighted by molar-refractivity contribution is -0.149. The van der Waals surface area contributed by atoms with Gasteiger partial charge in [-0.05, 0) is 19.3 Å². The van der Waals surface area contributed by atoms with Gasteiger partial charge in [0.25, 0.3) is 0 Å². The van der Waals surface area contributed by atoms with Crippen molar-refractivity contribution in [2.75, 3.05) is 6.61 Å². The molecule has 0 amide bonds. The number of esters is 1.